The molecule has 6 saturated carbocycles. The predicted molar refractivity (Wildman–Crippen MR) is 200 cm³/mol. The van der Waals surface area contributed by atoms with Gasteiger partial charge in [0.2, 0.25) is 0 Å². The van der Waals surface area contributed by atoms with Crippen LogP contribution in [-0.4, -0.2) is 33.0 Å². The van der Waals surface area contributed by atoms with Gasteiger partial charge in [0.05, 0.1) is 0 Å². The summed E-state index contributed by atoms with van der Waals surface area (Å²) in [6.45, 7) is 24.1. The van der Waals surface area contributed by atoms with Gasteiger partial charge in [-0.3, -0.25) is 9.59 Å². The number of carbonyl (C=O) groups is 2. The van der Waals surface area contributed by atoms with Crippen molar-refractivity contribution in [2.24, 2.45) is 80.8 Å². The van der Waals surface area contributed by atoms with Gasteiger partial charge in [0.25, 0.3) is 0 Å². The highest BCUT2D eigenvalue weighted by molar-refractivity contribution is 5.91. The minimum Gasteiger partial charge on any atom is -0.381 e. The number of hydrogen-bond acceptors (Lipinski definition) is 4. The van der Waals surface area contributed by atoms with Gasteiger partial charge in [-0.2, -0.15) is 0 Å². The van der Waals surface area contributed by atoms with Crippen molar-refractivity contribution in [3.05, 3.63) is 0 Å². The average Bonchev–Trinajstić information content (AvgIpc) is 3.02. The molecule has 2 unspecified atom stereocenters. The Morgan fingerprint density at radius 2 is 0.837 bits per heavy atom. The molecule has 0 aromatic carbocycles. The Labute approximate surface area is 301 Å². The van der Waals surface area contributed by atoms with Crippen LogP contribution < -0.4 is 0 Å². The third-order valence-electron chi connectivity index (χ3n) is 18.9. The lowest BCUT2D eigenvalue weighted by molar-refractivity contribution is -0.191. The Kier molecular flexibility index (Phi) is 10.1. The fourth-order valence-electron chi connectivity index (χ4n) is 15.1. The van der Waals surface area contributed by atoms with Gasteiger partial charge in [-0.1, -0.05) is 82.1 Å². The second-order valence-electron chi connectivity index (χ2n) is 21.4. The minimum atomic E-state index is -1.33. The summed E-state index contributed by atoms with van der Waals surface area (Å²) in [6.07, 6.45) is 15.1. The highest BCUT2D eigenvalue weighted by Crippen LogP contribution is 2.65. The van der Waals surface area contributed by atoms with Crippen molar-refractivity contribution in [1.29, 1.82) is 0 Å². The Balaban J connectivity index is 1.17. The molecule has 2 N–H and O–H groups in total. The van der Waals surface area contributed by atoms with Gasteiger partial charge < -0.3 is 10.2 Å². The van der Waals surface area contributed by atoms with Gasteiger partial charge in [0, 0.05) is 23.7 Å². The zero-order valence-corrected chi connectivity index (χ0v) is 33.5. The molecule has 0 heterocycles. The van der Waals surface area contributed by atoms with Crippen LogP contribution in [-0.2, 0) is 9.59 Å². The van der Waals surface area contributed by atoms with E-state index in [1.807, 2.05) is 0 Å². The minimum absolute atomic E-state index is 0.0407. The van der Waals surface area contributed by atoms with E-state index in [0.29, 0.717) is 89.3 Å². The summed E-state index contributed by atoms with van der Waals surface area (Å²) in [6, 6.07) is 0. The third-order valence-corrected chi connectivity index (χ3v) is 18.9. The largest absolute Gasteiger partial charge is 0.381 e. The molecular weight excluding hydrogens is 604 g/mol. The van der Waals surface area contributed by atoms with Crippen LogP contribution in [0.25, 0.3) is 0 Å². The van der Waals surface area contributed by atoms with Gasteiger partial charge in [-0.25, -0.2) is 0 Å². The molecule has 4 bridgehead atoms. The van der Waals surface area contributed by atoms with Crippen LogP contribution in [0.15, 0.2) is 0 Å². The quantitative estimate of drug-likeness (QED) is 0.293. The van der Waals surface area contributed by atoms with Crippen LogP contribution in [0.1, 0.15) is 178 Å². The van der Waals surface area contributed by atoms with Gasteiger partial charge in [0.15, 0.2) is 11.6 Å². The summed E-state index contributed by atoms with van der Waals surface area (Å²) in [5.74, 6) is 5.50. The smallest absolute Gasteiger partial charge is 0.164 e. The molecule has 0 amide bonds. The lowest BCUT2D eigenvalue weighted by atomic mass is 9.45. The molecule has 6 aliphatic carbocycles. The molecule has 280 valence electrons. The SMILES string of the molecule is C[C@@H]1CCC(O)(C(=O)CCCC(=O)C2(O)CC[C@@H](C)[C@H]3C[C@@H]4CC[C@@H](C)[C@H](CC[C@@]32C)C4(C)C)[C@@]2(C)CC[C@H]3[C@H](C)CC[C@@H](C[C@H]12)C3(C)C. The molecule has 6 rings (SSSR count). The first kappa shape index (κ1) is 38.0. The summed E-state index contributed by atoms with van der Waals surface area (Å²) in [7, 11) is 0. The van der Waals surface area contributed by atoms with Crippen molar-refractivity contribution in [2.75, 3.05) is 0 Å². The van der Waals surface area contributed by atoms with E-state index in [-0.39, 0.29) is 24.4 Å². The Bertz CT molecular complexity index is 1160. The standard InChI is InChI=1S/C45H76O4/c1-28-14-16-32-26-36-30(3)18-24-44(48,42(36,9)22-20-34(28)40(32,5)6)38(46)12-11-13-39(47)45(49)25-19-31(4)37-27-33-17-15-29(2)35(41(33,7)8)21-23-43(37,45)10/h28-37,48-49H,11-27H2,1-10H3/t28-,29-,30-,31-,32+,33+,34+,35+,36-,37-,42+,43+,44?,45?/m1/s1. The molecular formula is C45H76O4. The zero-order valence-electron chi connectivity index (χ0n) is 33.5. The van der Waals surface area contributed by atoms with Crippen molar-refractivity contribution < 1.29 is 19.8 Å². The number of Topliss-reactive ketones (excluding diaryl/α,β-unsaturated/α-hetero) is 2. The molecule has 49 heavy (non-hydrogen) atoms. The lowest BCUT2D eigenvalue weighted by Gasteiger charge is -2.61. The number of aliphatic hydroxyl groups is 2. The first-order valence-electron chi connectivity index (χ1n) is 21.3. The number of fused-ring (bicyclic) bond motifs is 6. The van der Waals surface area contributed by atoms with Gasteiger partial charge >= 0.3 is 0 Å². The number of ketones is 2. The molecule has 0 aromatic heterocycles. The molecule has 6 fully saturated rings. The summed E-state index contributed by atoms with van der Waals surface area (Å²) in [5, 5.41) is 25.2. The fourth-order valence-corrected chi connectivity index (χ4v) is 15.1. The monoisotopic (exact) mass is 681 g/mol. The Morgan fingerprint density at radius 1 is 0.490 bits per heavy atom. The molecule has 0 aliphatic heterocycles. The maximum atomic E-state index is 14.4. The van der Waals surface area contributed by atoms with E-state index in [0.717, 1.165) is 51.4 Å². The van der Waals surface area contributed by atoms with Crippen molar-refractivity contribution in [3.8, 4) is 0 Å². The number of hydrogen-bond donors (Lipinski definition) is 2. The summed E-state index contributed by atoms with van der Waals surface area (Å²) in [4.78, 5) is 28.7. The van der Waals surface area contributed by atoms with E-state index in [4.69, 9.17) is 0 Å². The maximum absolute atomic E-state index is 14.4. The molecule has 4 heteroatoms. The average molecular weight is 681 g/mol. The predicted octanol–water partition coefficient (Wildman–Crippen LogP) is 10.6. The van der Waals surface area contributed by atoms with Crippen LogP contribution in [0.2, 0.25) is 0 Å². The van der Waals surface area contributed by atoms with Crippen LogP contribution >= 0.6 is 0 Å². The van der Waals surface area contributed by atoms with Crippen LogP contribution in [0.3, 0.4) is 0 Å². The second kappa shape index (κ2) is 13.0. The van der Waals surface area contributed by atoms with E-state index < -0.39 is 22.0 Å². The third kappa shape index (κ3) is 5.79. The first-order valence-corrected chi connectivity index (χ1v) is 21.3. The van der Waals surface area contributed by atoms with Crippen LogP contribution in [0.4, 0.5) is 0 Å². The van der Waals surface area contributed by atoms with Gasteiger partial charge in [-0.15, -0.1) is 0 Å². The normalized spacial score (nSPS) is 50.8. The summed E-state index contributed by atoms with van der Waals surface area (Å²) < 4.78 is 0. The highest BCUT2D eigenvalue weighted by Gasteiger charge is 2.63. The summed E-state index contributed by atoms with van der Waals surface area (Å²) >= 11 is 0. The van der Waals surface area contributed by atoms with Crippen molar-refractivity contribution in [3.63, 3.8) is 0 Å². The van der Waals surface area contributed by atoms with Crippen molar-refractivity contribution in [1.82, 2.24) is 0 Å². The molecule has 0 saturated heterocycles. The van der Waals surface area contributed by atoms with E-state index >= 15 is 0 Å². The van der Waals surface area contributed by atoms with Crippen LogP contribution in [0.5, 0.6) is 0 Å². The molecule has 14 atom stereocenters. The van der Waals surface area contributed by atoms with Gasteiger partial charge in [-0.05, 0) is 153 Å². The zero-order chi connectivity index (χ0) is 35.9. The fraction of sp³-hybridized carbons (Fsp3) is 0.956. The first-order chi connectivity index (χ1) is 22.7. The highest BCUT2D eigenvalue weighted by atomic mass is 16.3. The topological polar surface area (TPSA) is 74.6 Å². The van der Waals surface area contributed by atoms with E-state index in [2.05, 4.69) is 69.2 Å². The molecule has 0 radical (unpaired) electrons. The van der Waals surface area contributed by atoms with E-state index in [9.17, 15) is 19.8 Å². The number of rotatable bonds is 6. The Hall–Kier alpha value is -0.740. The Morgan fingerprint density at radius 3 is 1.20 bits per heavy atom. The van der Waals surface area contributed by atoms with Gasteiger partial charge in [0.1, 0.15) is 11.2 Å². The molecule has 0 spiro atoms. The number of carbonyl (C=O) groups excluding carboxylic acids is 2. The van der Waals surface area contributed by atoms with E-state index in [1.54, 1.807) is 0 Å². The van der Waals surface area contributed by atoms with Crippen molar-refractivity contribution >= 4 is 11.6 Å². The molecule has 4 nitrogen and oxygen atoms in total. The molecule has 0 aromatic rings. The lowest BCUT2D eigenvalue weighted by Crippen LogP contribution is -2.62. The van der Waals surface area contributed by atoms with E-state index in [1.165, 1.54) is 25.7 Å². The van der Waals surface area contributed by atoms with Crippen LogP contribution in [0, 0.1) is 80.8 Å². The van der Waals surface area contributed by atoms with Crippen molar-refractivity contribution in [2.45, 2.75) is 190 Å². The summed E-state index contributed by atoms with van der Waals surface area (Å²) in [5.41, 5.74) is -2.93. The molecule has 6 aliphatic rings. The maximum Gasteiger partial charge on any atom is 0.164 e. The second-order valence-corrected chi connectivity index (χ2v) is 21.4.